The first-order valence-electron chi connectivity index (χ1n) is 10.7. The second-order valence-corrected chi connectivity index (χ2v) is 10.6. The van der Waals surface area contributed by atoms with Crippen molar-refractivity contribution in [3.05, 3.63) is 29.3 Å². The minimum Gasteiger partial charge on any atom is -0.403 e. The van der Waals surface area contributed by atoms with Crippen LogP contribution in [0, 0.1) is 0 Å². The van der Waals surface area contributed by atoms with Gasteiger partial charge in [-0.2, -0.15) is 0 Å². The van der Waals surface area contributed by atoms with E-state index in [9.17, 15) is 0 Å². The van der Waals surface area contributed by atoms with E-state index in [0.717, 1.165) is 24.7 Å². The van der Waals surface area contributed by atoms with Gasteiger partial charge in [0.1, 0.15) is 0 Å². The maximum absolute atomic E-state index is 6.41. The van der Waals surface area contributed by atoms with E-state index in [1.165, 1.54) is 11.1 Å². The summed E-state index contributed by atoms with van der Waals surface area (Å²) >= 11 is 0. The van der Waals surface area contributed by atoms with E-state index in [1.54, 1.807) is 0 Å². The Morgan fingerprint density at radius 1 is 0.786 bits per heavy atom. The molecule has 6 heteroatoms. The number of hydrogen-bond acceptors (Lipinski definition) is 4. The van der Waals surface area contributed by atoms with Crippen LogP contribution < -0.4 is 5.46 Å². The summed E-state index contributed by atoms with van der Waals surface area (Å²) in [5.41, 5.74) is 2.57. The van der Waals surface area contributed by atoms with Crippen molar-refractivity contribution in [2.75, 3.05) is 0 Å². The Hall–Kier alpha value is -0.810. The number of fused-ring (bicyclic) bond motifs is 1. The average molecular weight is 384 g/mol. The van der Waals surface area contributed by atoms with Crippen molar-refractivity contribution in [1.82, 2.24) is 0 Å². The highest BCUT2D eigenvalue weighted by molar-refractivity contribution is 6.62. The van der Waals surface area contributed by atoms with E-state index < -0.39 is 0 Å². The van der Waals surface area contributed by atoms with Crippen LogP contribution in [0.4, 0.5) is 0 Å². The highest BCUT2D eigenvalue weighted by Gasteiger charge is 2.55. The first kappa shape index (κ1) is 20.5. The Bertz CT molecular complexity index is 740. The van der Waals surface area contributed by atoms with Crippen molar-refractivity contribution in [3.63, 3.8) is 0 Å². The monoisotopic (exact) mass is 384 g/mol. The molecule has 4 rings (SSSR count). The van der Waals surface area contributed by atoms with Crippen LogP contribution in [0.25, 0.3) is 0 Å². The molecule has 4 nitrogen and oxygen atoms in total. The standard InChI is InChI=1S/C22H34B2O4/c1-19(2)20(3,4)26-23(25-19)17-13-9-12-16-15(17)11-10-14-18(16)24-27-21(5,6)22(7,8)28-24/h9,12-13,18H,10-11,14H2,1-8H3/t18-/m0/s1. The zero-order chi connectivity index (χ0) is 20.5. The molecule has 152 valence electrons. The van der Waals surface area contributed by atoms with Crippen LogP contribution in [-0.4, -0.2) is 36.6 Å². The van der Waals surface area contributed by atoms with Crippen LogP contribution >= 0.6 is 0 Å². The lowest BCUT2D eigenvalue weighted by Gasteiger charge is -2.32. The highest BCUT2D eigenvalue weighted by Crippen LogP contribution is 2.44. The number of rotatable bonds is 2. The van der Waals surface area contributed by atoms with E-state index in [0.29, 0.717) is 0 Å². The summed E-state index contributed by atoms with van der Waals surface area (Å²) in [5, 5.41) is 0. The molecule has 0 unspecified atom stereocenters. The van der Waals surface area contributed by atoms with Crippen LogP contribution in [0.2, 0.25) is 0 Å². The molecule has 3 aliphatic rings. The molecule has 1 aromatic carbocycles. The fourth-order valence-electron chi connectivity index (χ4n) is 4.44. The number of benzene rings is 1. The number of hydrogen-bond donors (Lipinski definition) is 0. The Kier molecular flexibility index (Phi) is 4.63. The van der Waals surface area contributed by atoms with Crippen LogP contribution in [0.15, 0.2) is 18.2 Å². The quantitative estimate of drug-likeness (QED) is 0.722. The molecule has 1 aromatic rings. The van der Waals surface area contributed by atoms with E-state index in [-0.39, 0.29) is 42.5 Å². The van der Waals surface area contributed by atoms with Gasteiger partial charge in [0.15, 0.2) is 0 Å². The van der Waals surface area contributed by atoms with Gasteiger partial charge in [0.25, 0.3) is 0 Å². The van der Waals surface area contributed by atoms with Crippen molar-refractivity contribution in [2.45, 2.75) is 103 Å². The van der Waals surface area contributed by atoms with Gasteiger partial charge in [0.2, 0.25) is 0 Å². The molecular formula is C22H34B2O4. The lowest BCUT2D eigenvalue weighted by Crippen LogP contribution is -2.41. The summed E-state index contributed by atoms with van der Waals surface area (Å²) in [6, 6.07) is 6.52. The van der Waals surface area contributed by atoms with Gasteiger partial charge < -0.3 is 18.6 Å². The molecule has 28 heavy (non-hydrogen) atoms. The molecule has 0 radical (unpaired) electrons. The minimum absolute atomic E-state index is 0.211. The van der Waals surface area contributed by atoms with Crippen molar-refractivity contribution in [3.8, 4) is 0 Å². The zero-order valence-corrected chi connectivity index (χ0v) is 18.7. The molecule has 2 saturated heterocycles. The van der Waals surface area contributed by atoms with Crippen molar-refractivity contribution in [2.24, 2.45) is 0 Å². The predicted octanol–water partition coefficient (Wildman–Crippen LogP) is 4.04. The zero-order valence-electron chi connectivity index (χ0n) is 18.7. The van der Waals surface area contributed by atoms with E-state index in [4.69, 9.17) is 18.6 Å². The van der Waals surface area contributed by atoms with Crippen LogP contribution in [0.1, 0.15) is 85.2 Å². The highest BCUT2D eigenvalue weighted by atomic mass is 16.7. The van der Waals surface area contributed by atoms with Gasteiger partial charge >= 0.3 is 14.2 Å². The maximum atomic E-state index is 6.41. The Morgan fingerprint density at radius 2 is 1.32 bits per heavy atom. The first-order valence-corrected chi connectivity index (χ1v) is 10.7. The molecule has 0 aromatic heterocycles. The molecular weight excluding hydrogens is 350 g/mol. The van der Waals surface area contributed by atoms with E-state index in [2.05, 4.69) is 73.6 Å². The summed E-state index contributed by atoms with van der Waals surface area (Å²) in [6.07, 6.45) is 3.25. The largest absolute Gasteiger partial charge is 0.495 e. The van der Waals surface area contributed by atoms with Crippen molar-refractivity contribution >= 4 is 19.7 Å². The lowest BCUT2D eigenvalue weighted by molar-refractivity contribution is 0.00578. The molecule has 2 aliphatic heterocycles. The lowest BCUT2D eigenvalue weighted by atomic mass is 9.59. The van der Waals surface area contributed by atoms with Gasteiger partial charge in [-0.1, -0.05) is 18.2 Å². The van der Waals surface area contributed by atoms with Gasteiger partial charge in [0, 0.05) is 5.82 Å². The third kappa shape index (κ3) is 3.08. The van der Waals surface area contributed by atoms with Crippen LogP contribution in [-0.2, 0) is 25.0 Å². The van der Waals surface area contributed by atoms with Gasteiger partial charge in [-0.25, -0.2) is 0 Å². The predicted molar refractivity (Wildman–Crippen MR) is 114 cm³/mol. The summed E-state index contributed by atoms with van der Waals surface area (Å²) < 4.78 is 25.5. The topological polar surface area (TPSA) is 36.9 Å². The fourth-order valence-corrected chi connectivity index (χ4v) is 4.44. The second kappa shape index (κ2) is 6.34. The molecule has 0 bridgehead atoms. The fraction of sp³-hybridized carbons (Fsp3) is 0.727. The molecule has 0 spiro atoms. The van der Waals surface area contributed by atoms with Crippen LogP contribution in [0.5, 0.6) is 0 Å². The Labute approximate surface area is 170 Å². The molecule has 0 N–H and O–H groups in total. The summed E-state index contributed by atoms with van der Waals surface area (Å²) in [7, 11) is -0.533. The Morgan fingerprint density at radius 3 is 1.89 bits per heavy atom. The van der Waals surface area contributed by atoms with Crippen LogP contribution in [0.3, 0.4) is 0 Å². The summed E-state index contributed by atoms with van der Waals surface area (Å²) in [6.45, 7) is 16.9. The summed E-state index contributed by atoms with van der Waals surface area (Å²) in [5.74, 6) is 0.243. The van der Waals surface area contributed by atoms with Crippen molar-refractivity contribution in [1.29, 1.82) is 0 Å². The molecule has 0 amide bonds. The normalized spacial score (nSPS) is 29.8. The SMILES string of the molecule is CC1(C)OB(c2cccc3c2CCC[C@@H]3B2OC(C)(C)C(C)(C)O2)OC1(C)C. The van der Waals surface area contributed by atoms with Gasteiger partial charge in [-0.3, -0.25) is 0 Å². The third-order valence-corrected chi connectivity index (χ3v) is 7.70. The molecule has 2 heterocycles. The van der Waals surface area contributed by atoms with Gasteiger partial charge in [-0.15, -0.1) is 0 Å². The Balaban J connectivity index is 1.67. The molecule has 1 atom stereocenters. The molecule has 1 aliphatic carbocycles. The first-order chi connectivity index (χ1) is 12.8. The van der Waals surface area contributed by atoms with Gasteiger partial charge in [0.05, 0.1) is 22.4 Å². The van der Waals surface area contributed by atoms with E-state index >= 15 is 0 Å². The van der Waals surface area contributed by atoms with Crippen molar-refractivity contribution < 1.29 is 18.6 Å². The smallest absolute Gasteiger partial charge is 0.403 e. The minimum atomic E-state index is -0.333. The second-order valence-electron chi connectivity index (χ2n) is 10.6. The molecule has 0 saturated carbocycles. The van der Waals surface area contributed by atoms with Gasteiger partial charge in [-0.05, 0) is 91.2 Å². The average Bonchev–Trinajstić information content (AvgIpc) is 2.93. The molecule has 2 fully saturated rings. The third-order valence-electron chi connectivity index (χ3n) is 7.70. The van der Waals surface area contributed by atoms with E-state index in [1.807, 2.05) is 0 Å². The maximum Gasteiger partial charge on any atom is 0.495 e. The summed E-state index contributed by atoms with van der Waals surface area (Å²) in [4.78, 5) is 0.